The molecule has 0 bridgehead atoms. The normalized spacial score (nSPS) is 17.5. The van der Waals surface area contributed by atoms with Crippen LogP contribution >= 0.6 is 12.2 Å². The molecule has 10 nitrogen and oxygen atoms in total. The van der Waals surface area contributed by atoms with Crippen LogP contribution in [0.3, 0.4) is 0 Å². The molecular weight excluding hydrogens is 756 g/mol. The molecule has 0 saturated carbocycles. The van der Waals surface area contributed by atoms with Gasteiger partial charge in [0.25, 0.3) is 5.91 Å². The quantitative estimate of drug-likeness (QED) is 0.136. The lowest BCUT2D eigenvalue weighted by Gasteiger charge is -2.35. The second-order valence-electron chi connectivity index (χ2n) is 16.2. The number of likely N-dealkylation sites (tertiary alicyclic amines) is 1. The van der Waals surface area contributed by atoms with Gasteiger partial charge in [-0.05, 0) is 130 Å². The molecule has 3 aromatic carbocycles. The Balaban J connectivity index is 1.12. The monoisotopic (exact) mass is 805 g/mol. The Hall–Kier alpha value is -5.00. The molecule has 5 rings (SSSR count). The second-order valence-corrected chi connectivity index (χ2v) is 16.5. The maximum atomic E-state index is 13.7. The molecule has 57 heavy (non-hydrogen) atoms. The number of halogens is 3. The van der Waals surface area contributed by atoms with Crippen LogP contribution in [-0.4, -0.2) is 71.7 Å². The van der Waals surface area contributed by atoms with E-state index in [-0.39, 0.29) is 35.3 Å². The highest BCUT2D eigenvalue weighted by Gasteiger charge is 2.50. The zero-order valence-electron chi connectivity index (χ0n) is 33.5. The van der Waals surface area contributed by atoms with Crippen LogP contribution in [-0.2, 0) is 25.3 Å². The van der Waals surface area contributed by atoms with Crippen molar-refractivity contribution in [3.05, 3.63) is 77.4 Å². The summed E-state index contributed by atoms with van der Waals surface area (Å²) in [6.07, 6.45) is -1.44. The summed E-state index contributed by atoms with van der Waals surface area (Å²) >= 11 is 5.67. The van der Waals surface area contributed by atoms with Crippen molar-refractivity contribution >= 4 is 46.4 Å². The number of carbonyl (C=O) groups is 3. The van der Waals surface area contributed by atoms with Crippen molar-refractivity contribution in [2.24, 2.45) is 5.41 Å². The van der Waals surface area contributed by atoms with Crippen LogP contribution in [0.15, 0.2) is 60.7 Å². The molecule has 0 radical (unpaired) electrons. The number of nitrogens with one attached hydrogen (secondary N) is 1. The molecule has 2 fully saturated rings. The van der Waals surface area contributed by atoms with Gasteiger partial charge in [-0.25, -0.2) is 0 Å². The maximum Gasteiger partial charge on any atom is 0.417 e. The molecule has 0 unspecified atom stereocenters. The van der Waals surface area contributed by atoms with Crippen molar-refractivity contribution < 1.29 is 37.0 Å². The van der Waals surface area contributed by atoms with Crippen LogP contribution in [0, 0.1) is 23.7 Å². The zero-order valence-corrected chi connectivity index (χ0v) is 34.3. The van der Waals surface area contributed by atoms with E-state index < -0.39 is 40.2 Å². The Morgan fingerprint density at radius 2 is 1.65 bits per heavy atom. The molecule has 0 aromatic heterocycles. The van der Waals surface area contributed by atoms with Gasteiger partial charge in [0.15, 0.2) is 5.11 Å². The molecule has 2 atom stereocenters. The fourth-order valence-corrected chi connectivity index (χ4v) is 7.71. The predicted octanol–water partition coefficient (Wildman–Crippen LogP) is 8.19. The van der Waals surface area contributed by atoms with Gasteiger partial charge >= 0.3 is 6.18 Å². The first kappa shape index (κ1) is 43.1. The van der Waals surface area contributed by atoms with Crippen LogP contribution in [0.2, 0.25) is 0 Å². The van der Waals surface area contributed by atoms with E-state index in [0.29, 0.717) is 38.3 Å². The Labute approximate surface area is 337 Å². The molecule has 2 saturated heterocycles. The van der Waals surface area contributed by atoms with Gasteiger partial charge in [0, 0.05) is 24.9 Å². The lowest BCUT2D eigenvalue weighted by molar-refractivity contribution is -0.141. The number of amides is 3. The number of nitrogens with zero attached hydrogens (tertiary/aromatic N) is 4. The van der Waals surface area contributed by atoms with Crippen LogP contribution in [0.5, 0.6) is 5.75 Å². The average molecular weight is 806 g/mol. The highest BCUT2D eigenvalue weighted by molar-refractivity contribution is 7.81. The third-order valence-corrected chi connectivity index (χ3v) is 10.8. The van der Waals surface area contributed by atoms with Crippen molar-refractivity contribution in [2.75, 3.05) is 36.2 Å². The summed E-state index contributed by atoms with van der Waals surface area (Å²) in [4.78, 5) is 44.1. The fourth-order valence-electron chi connectivity index (χ4n) is 7.18. The Morgan fingerprint density at radius 3 is 2.25 bits per heavy atom. The van der Waals surface area contributed by atoms with Gasteiger partial charge in [0.05, 0.1) is 29.5 Å². The topological polar surface area (TPSA) is 115 Å². The van der Waals surface area contributed by atoms with E-state index in [4.69, 9.17) is 21.7 Å². The summed E-state index contributed by atoms with van der Waals surface area (Å²) in [5, 5.41) is 12.1. The third-order valence-electron chi connectivity index (χ3n) is 10.4. The van der Waals surface area contributed by atoms with Crippen LogP contribution in [0.1, 0.15) is 83.9 Å². The first-order valence-electron chi connectivity index (χ1n) is 19.1. The number of alkyl halides is 3. The van der Waals surface area contributed by atoms with Gasteiger partial charge in [-0.15, -0.1) is 0 Å². The molecule has 304 valence electrons. The van der Waals surface area contributed by atoms with Gasteiger partial charge in [-0.1, -0.05) is 39.0 Å². The van der Waals surface area contributed by atoms with Crippen molar-refractivity contribution in [3.8, 4) is 22.9 Å². The van der Waals surface area contributed by atoms with E-state index in [2.05, 4.69) is 5.32 Å². The standard InChI is InChI=1S/C43H50F3N5O5S/c1-27-23-30(15-19-35(27)56-22-9-8-21-55-26-36(52)48-37(41(3,4)5)38(53)49-20-10-11-28(49)2)29-12-16-32(17-13-29)51-40(57)50(39(54)42(51,6)7)33-18-14-31(25-47)34(24-33)43(44,45)46/h12-19,23-24,28,37H,8-11,20-22,26H2,1-7H3,(H,48,52)/t28-,37-/m1/s1. The third kappa shape index (κ3) is 9.59. The van der Waals surface area contributed by atoms with Crippen molar-refractivity contribution in [1.82, 2.24) is 10.2 Å². The number of benzene rings is 3. The second kappa shape index (κ2) is 17.2. The number of nitriles is 1. The van der Waals surface area contributed by atoms with Gasteiger partial charge in [0.2, 0.25) is 11.8 Å². The Morgan fingerprint density at radius 1 is 1.00 bits per heavy atom. The number of carbonyl (C=O) groups excluding carboxylic acids is 3. The summed E-state index contributed by atoms with van der Waals surface area (Å²) in [6.45, 7) is 14.6. The van der Waals surface area contributed by atoms with Crippen LogP contribution in [0.4, 0.5) is 24.5 Å². The SMILES string of the molecule is Cc1cc(-c2ccc(N3C(=S)N(c4ccc(C#N)c(C(F)(F)F)c4)C(=O)C3(C)C)cc2)ccc1OCCCCOCC(=O)N[C@H](C(=O)N1CCC[C@H]1C)C(C)(C)C. The number of thiocarbonyl (C=S) groups is 1. The minimum absolute atomic E-state index is 0.0231. The van der Waals surface area contributed by atoms with E-state index in [9.17, 15) is 32.8 Å². The predicted molar refractivity (Wildman–Crippen MR) is 217 cm³/mol. The number of unbranched alkanes of at least 4 members (excludes halogenated alkanes) is 1. The number of aryl methyl sites for hydroxylation is 1. The van der Waals surface area contributed by atoms with E-state index in [0.717, 1.165) is 52.3 Å². The van der Waals surface area contributed by atoms with E-state index in [1.165, 1.54) is 6.07 Å². The first-order valence-corrected chi connectivity index (χ1v) is 19.5. The molecule has 2 aliphatic rings. The fraction of sp³-hybridized carbons (Fsp3) is 0.465. The lowest BCUT2D eigenvalue weighted by atomic mass is 9.85. The molecule has 14 heteroatoms. The zero-order chi connectivity index (χ0) is 41.9. The lowest BCUT2D eigenvalue weighted by Crippen LogP contribution is -2.56. The number of rotatable bonds is 13. The molecule has 0 aliphatic carbocycles. The largest absolute Gasteiger partial charge is 0.493 e. The van der Waals surface area contributed by atoms with Crippen LogP contribution < -0.4 is 19.9 Å². The van der Waals surface area contributed by atoms with E-state index >= 15 is 0 Å². The first-order chi connectivity index (χ1) is 26.7. The molecule has 1 N–H and O–H groups in total. The minimum Gasteiger partial charge on any atom is -0.493 e. The summed E-state index contributed by atoms with van der Waals surface area (Å²) in [5.74, 6) is -0.119. The van der Waals surface area contributed by atoms with Gasteiger partial charge in [-0.3, -0.25) is 19.3 Å². The molecule has 2 aliphatic heterocycles. The average Bonchev–Trinajstić information content (AvgIpc) is 3.65. The number of ether oxygens (including phenoxy) is 2. The molecular formula is C43H50F3N5O5S. The van der Waals surface area contributed by atoms with Crippen molar-refractivity contribution in [2.45, 2.75) is 97.9 Å². The van der Waals surface area contributed by atoms with E-state index in [1.807, 2.05) is 82.0 Å². The van der Waals surface area contributed by atoms with Crippen LogP contribution in [0.25, 0.3) is 11.1 Å². The van der Waals surface area contributed by atoms with Gasteiger partial charge in [-0.2, -0.15) is 18.4 Å². The number of hydrogen-bond acceptors (Lipinski definition) is 7. The molecule has 3 amide bonds. The molecule has 0 spiro atoms. The summed E-state index contributed by atoms with van der Waals surface area (Å²) < 4.78 is 52.8. The van der Waals surface area contributed by atoms with Crippen molar-refractivity contribution in [3.63, 3.8) is 0 Å². The highest BCUT2D eigenvalue weighted by Crippen LogP contribution is 2.40. The van der Waals surface area contributed by atoms with Crippen molar-refractivity contribution in [1.29, 1.82) is 5.26 Å². The Bertz CT molecular complexity index is 2040. The molecule has 3 aromatic rings. The van der Waals surface area contributed by atoms with Gasteiger partial charge in [0.1, 0.15) is 23.9 Å². The van der Waals surface area contributed by atoms with Gasteiger partial charge < -0.3 is 24.6 Å². The Kier molecular flexibility index (Phi) is 13.0. The smallest absolute Gasteiger partial charge is 0.417 e. The maximum absolute atomic E-state index is 13.7. The van der Waals surface area contributed by atoms with E-state index in [1.54, 1.807) is 24.8 Å². The summed E-state index contributed by atoms with van der Waals surface area (Å²) in [6, 6.07) is 17.5. The number of anilines is 2. The highest BCUT2D eigenvalue weighted by atomic mass is 32.1. The number of hydrogen-bond donors (Lipinski definition) is 1. The summed E-state index contributed by atoms with van der Waals surface area (Å²) in [7, 11) is 0. The molecule has 2 heterocycles. The minimum atomic E-state index is -4.79. The summed E-state index contributed by atoms with van der Waals surface area (Å²) in [5.41, 5.74) is -0.0413.